The summed E-state index contributed by atoms with van der Waals surface area (Å²) in [7, 11) is 0. The first kappa shape index (κ1) is 16.5. The van der Waals surface area contributed by atoms with Crippen molar-refractivity contribution in [3.8, 4) is 0 Å². The van der Waals surface area contributed by atoms with Gasteiger partial charge in [0.2, 0.25) is 0 Å². The first-order chi connectivity index (χ1) is 9.73. The molecule has 1 N–H and O–H groups in total. The minimum Gasteiger partial charge on any atom is -0.369 e. The van der Waals surface area contributed by atoms with E-state index in [1.165, 1.54) is 11.1 Å². The molecule has 2 rings (SSSR count). The Morgan fingerprint density at radius 2 is 1.81 bits per heavy atom. The third-order valence-electron chi connectivity index (χ3n) is 4.67. The van der Waals surface area contributed by atoms with E-state index in [4.69, 9.17) is 4.74 Å². The third kappa shape index (κ3) is 4.08. The standard InChI is InChI=1S/C19H31NO/c1-7-20-17(12-15-10-8-14(2)9-11-15)16-13-18(3,4)21-19(16,5)6/h8-11,16-17,20H,7,12-13H2,1-6H3. The molecule has 1 aliphatic rings. The summed E-state index contributed by atoms with van der Waals surface area (Å²) in [5.74, 6) is 0.536. The molecule has 1 aromatic carbocycles. The van der Waals surface area contributed by atoms with E-state index in [1.807, 2.05) is 0 Å². The van der Waals surface area contributed by atoms with Gasteiger partial charge in [0.05, 0.1) is 11.2 Å². The molecule has 21 heavy (non-hydrogen) atoms. The molecule has 0 radical (unpaired) electrons. The zero-order valence-electron chi connectivity index (χ0n) is 14.5. The predicted molar refractivity (Wildman–Crippen MR) is 89.7 cm³/mol. The molecular weight excluding hydrogens is 258 g/mol. The van der Waals surface area contributed by atoms with Gasteiger partial charge in [0.25, 0.3) is 0 Å². The molecule has 2 heteroatoms. The molecule has 2 atom stereocenters. The number of aryl methyl sites for hydroxylation is 1. The lowest BCUT2D eigenvalue weighted by Crippen LogP contribution is -2.45. The van der Waals surface area contributed by atoms with Gasteiger partial charge in [-0.25, -0.2) is 0 Å². The highest BCUT2D eigenvalue weighted by Crippen LogP contribution is 2.44. The van der Waals surface area contributed by atoms with Crippen molar-refractivity contribution in [2.45, 2.75) is 71.6 Å². The van der Waals surface area contributed by atoms with Gasteiger partial charge in [0.1, 0.15) is 0 Å². The number of rotatable bonds is 5. The van der Waals surface area contributed by atoms with Crippen LogP contribution >= 0.6 is 0 Å². The normalized spacial score (nSPS) is 25.0. The highest BCUT2D eigenvalue weighted by atomic mass is 16.5. The number of benzene rings is 1. The summed E-state index contributed by atoms with van der Waals surface area (Å²) in [6, 6.07) is 9.40. The van der Waals surface area contributed by atoms with Gasteiger partial charge in [-0.15, -0.1) is 0 Å². The van der Waals surface area contributed by atoms with Crippen LogP contribution in [0, 0.1) is 12.8 Å². The number of hydrogen-bond donors (Lipinski definition) is 1. The van der Waals surface area contributed by atoms with Crippen LogP contribution in [0.25, 0.3) is 0 Å². The van der Waals surface area contributed by atoms with E-state index < -0.39 is 0 Å². The van der Waals surface area contributed by atoms with Gasteiger partial charge in [0.15, 0.2) is 0 Å². The molecule has 118 valence electrons. The molecule has 2 nitrogen and oxygen atoms in total. The Kier molecular flexibility index (Phi) is 4.79. The van der Waals surface area contributed by atoms with Crippen LogP contribution in [0.2, 0.25) is 0 Å². The topological polar surface area (TPSA) is 21.3 Å². The van der Waals surface area contributed by atoms with E-state index >= 15 is 0 Å². The molecule has 2 unspecified atom stereocenters. The lowest BCUT2D eigenvalue weighted by atomic mass is 9.79. The van der Waals surface area contributed by atoms with E-state index in [-0.39, 0.29) is 11.2 Å². The van der Waals surface area contributed by atoms with E-state index in [0.29, 0.717) is 12.0 Å². The zero-order valence-corrected chi connectivity index (χ0v) is 14.5. The Bertz CT molecular complexity index is 461. The van der Waals surface area contributed by atoms with Crippen molar-refractivity contribution >= 4 is 0 Å². The molecule has 1 aromatic rings. The molecule has 0 bridgehead atoms. The number of hydrogen-bond acceptors (Lipinski definition) is 2. The average Bonchev–Trinajstić information content (AvgIpc) is 2.59. The maximum atomic E-state index is 6.29. The van der Waals surface area contributed by atoms with Crippen molar-refractivity contribution in [3.05, 3.63) is 35.4 Å². The van der Waals surface area contributed by atoms with Crippen LogP contribution in [0.15, 0.2) is 24.3 Å². The van der Waals surface area contributed by atoms with Gasteiger partial charge in [-0.1, -0.05) is 36.8 Å². The summed E-state index contributed by atoms with van der Waals surface area (Å²) in [6.07, 6.45) is 2.19. The number of ether oxygens (including phenoxy) is 1. The van der Waals surface area contributed by atoms with Crippen LogP contribution in [0.4, 0.5) is 0 Å². The highest BCUT2D eigenvalue weighted by molar-refractivity contribution is 5.22. The molecule has 1 aliphatic heterocycles. The second-order valence-electron chi connectivity index (χ2n) is 7.63. The van der Waals surface area contributed by atoms with Gasteiger partial charge < -0.3 is 10.1 Å². The van der Waals surface area contributed by atoms with E-state index in [1.54, 1.807) is 0 Å². The first-order valence-electron chi connectivity index (χ1n) is 8.22. The Morgan fingerprint density at radius 3 is 2.29 bits per heavy atom. The van der Waals surface area contributed by atoms with Crippen LogP contribution in [-0.2, 0) is 11.2 Å². The maximum Gasteiger partial charge on any atom is 0.0677 e. The molecule has 0 amide bonds. The minimum absolute atomic E-state index is 0.0187. The van der Waals surface area contributed by atoms with Crippen LogP contribution in [0.3, 0.4) is 0 Å². The van der Waals surface area contributed by atoms with E-state index in [2.05, 4.69) is 71.1 Å². The van der Waals surface area contributed by atoms with Crippen molar-refractivity contribution < 1.29 is 4.74 Å². The fraction of sp³-hybridized carbons (Fsp3) is 0.684. The first-order valence-corrected chi connectivity index (χ1v) is 8.22. The van der Waals surface area contributed by atoms with Crippen molar-refractivity contribution in [2.24, 2.45) is 5.92 Å². The summed E-state index contributed by atoms with van der Waals surface area (Å²) >= 11 is 0. The highest BCUT2D eigenvalue weighted by Gasteiger charge is 2.48. The van der Waals surface area contributed by atoms with Gasteiger partial charge in [0, 0.05) is 12.0 Å². The third-order valence-corrected chi connectivity index (χ3v) is 4.67. The summed E-state index contributed by atoms with van der Waals surface area (Å²) in [6.45, 7) is 14.2. The number of nitrogens with one attached hydrogen (secondary N) is 1. The Balaban J connectivity index is 2.17. The molecule has 0 aromatic heterocycles. The quantitative estimate of drug-likeness (QED) is 0.881. The second-order valence-corrected chi connectivity index (χ2v) is 7.63. The smallest absolute Gasteiger partial charge is 0.0677 e. The lowest BCUT2D eigenvalue weighted by molar-refractivity contribution is -0.0776. The molecule has 0 spiro atoms. The van der Waals surface area contributed by atoms with Gasteiger partial charge in [-0.3, -0.25) is 0 Å². The van der Waals surface area contributed by atoms with E-state index in [9.17, 15) is 0 Å². The Labute approximate surface area is 130 Å². The second kappa shape index (κ2) is 6.10. The summed E-state index contributed by atoms with van der Waals surface area (Å²) in [5, 5.41) is 3.70. The minimum atomic E-state index is -0.0684. The summed E-state index contributed by atoms with van der Waals surface area (Å²) in [4.78, 5) is 0. The van der Waals surface area contributed by atoms with Crippen molar-refractivity contribution in [2.75, 3.05) is 6.54 Å². The molecule has 0 saturated carbocycles. The molecule has 1 fully saturated rings. The summed E-state index contributed by atoms with van der Waals surface area (Å²) in [5.41, 5.74) is 2.65. The fourth-order valence-corrected chi connectivity index (χ4v) is 3.83. The van der Waals surface area contributed by atoms with Crippen molar-refractivity contribution in [1.82, 2.24) is 5.32 Å². The maximum absolute atomic E-state index is 6.29. The number of likely N-dealkylation sites (N-methyl/N-ethyl adjacent to an activating group) is 1. The molecular formula is C19H31NO. The van der Waals surface area contributed by atoms with Crippen LogP contribution < -0.4 is 5.32 Å². The van der Waals surface area contributed by atoms with Crippen LogP contribution in [0.5, 0.6) is 0 Å². The molecule has 1 heterocycles. The molecule has 0 aliphatic carbocycles. The Hall–Kier alpha value is -0.860. The zero-order chi connectivity index (χ0) is 15.7. The van der Waals surface area contributed by atoms with Crippen LogP contribution in [-0.4, -0.2) is 23.8 Å². The van der Waals surface area contributed by atoms with Crippen LogP contribution in [0.1, 0.15) is 52.2 Å². The van der Waals surface area contributed by atoms with Gasteiger partial charge in [-0.05, 0) is 59.6 Å². The van der Waals surface area contributed by atoms with Crippen molar-refractivity contribution in [1.29, 1.82) is 0 Å². The largest absolute Gasteiger partial charge is 0.369 e. The predicted octanol–water partition coefficient (Wildman–Crippen LogP) is 4.11. The van der Waals surface area contributed by atoms with Crippen molar-refractivity contribution in [3.63, 3.8) is 0 Å². The Morgan fingerprint density at radius 1 is 1.19 bits per heavy atom. The summed E-state index contributed by atoms with van der Waals surface area (Å²) < 4.78 is 6.29. The monoisotopic (exact) mass is 289 g/mol. The van der Waals surface area contributed by atoms with E-state index in [0.717, 1.165) is 19.4 Å². The lowest BCUT2D eigenvalue weighted by Gasteiger charge is -2.33. The average molecular weight is 289 g/mol. The fourth-order valence-electron chi connectivity index (χ4n) is 3.83. The molecule has 1 saturated heterocycles. The van der Waals surface area contributed by atoms with Gasteiger partial charge >= 0.3 is 0 Å². The van der Waals surface area contributed by atoms with Gasteiger partial charge in [-0.2, -0.15) is 0 Å². The SMILES string of the molecule is CCNC(Cc1ccc(C)cc1)C1CC(C)(C)OC1(C)C.